The molecule has 0 radical (unpaired) electrons. The highest BCUT2D eigenvalue weighted by Gasteiger charge is 2.29. The summed E-state index contributed by atoms with van der Waals surface area (Å²) < 4.78 is 0. The number of nitrogens with zero attached hydrogens (tertiary/aromatic N) is 2. The molecule has 0 aliphatic carbocycles. The summed E-state index contributed by atoms with van der Waals surface area (Å²) in [6.45, 7) is 0. The summed E-state index contributed by atoms with van der Waals surface area (Å²) in [6.07, 6.45) is 5.54. The van der Waals surface area contributed by atoms with Crippen LogP contribution < -0.4 is 0 Å². The van der Waals surface area contributed by atoms with Gasteiger partial charge in [0.1, 0.15) is 0 Å². The molecule has 1 N–H and O–H groups in total. The largest absolute Gasteiger partial charge is 0.478 e. The number of allylic oxidation sites excluding steroid dienone is 2. The number of carbonyl (C=O) groups excluding carboxylic acids is 1. The van der Waals surface area contributed by atoms with E-state index in [1.54, 1.807) is 25.3 Å². The van der Waals surface area contributed by atoms with E-state index < -0.39 is 5.97 Å². The van der Waals surface area contributed by atoms with Crippen molar-refractivity contribution in [3.63, 3.8) is 0 Å². The van der Waals surface area contributed by atoms with E-state index in [4.69, 9.17) is 5.11 Å². The summed E-state index contributed by atoms with van der Waals surface area (Å²) in [4.78, 5) is 29.7. The highest BCUT2D eigenvalue weighted by atomic mass is 32.2. The van der Waals surface area contributed by atoms with Gasteiger partial charge in [-0.1, -0.05) is 42.5 Å². The number of hydrogen-bond donors (Lipinski definition) is 1. The van der Waals surface area contributed by atoms with Crippen molar-refractivity contribution in [3.05, 3.63) is 82.8 Å². The average Bonchev–Trinajstić information content (AvgIpc) is 2.91. The van der Waals surface area contributed by atoms with Crippen molar-refractivity contribution in [2.75, 3.05) is 7.05 Å². The molecule has 130 valence electrons. The molecule has 1 fully saturated rings. The lowest BCUT2D eigenvalue weighted by Gasteiger charge is -2.07. The summed E-state index contributed by atoms with van der Waals surface area (Å²) in [5.74, 6) is -1.10. The summed E-state index contributed by atoms with van der Waals surface area (Å²) in [6, 6.07) is 16.0. The lowest BCUT2D eigenvalue weighted by Crippen LogP contribution is -2.23. The summed E-state index contributed by atoms with van der Waals surface area (Å²) in [5, 5.41) is 9.48. The van der Waals surface area contributed by atoms with E-state index in [0.29, 0.717) is 15.8 Å². The van der Waals surface area contributed by atoms with Gasteiger partial charge < -0.3 is 5.11 Å². The Kier molecular flexibility index (Phi) is 5.34. The highest BCUT2D eigenvalue weighted by molar-refractivity contribution is 8.18. The van der Waals surface area contributed by atoms with Crippen molar-refractivity contribution in [2.45, 2.75) is 0 Å². The normalized spacial score (nSPS) is 17.6. The Hall–Kier alpha value is -3.12. The average molecular weight is 364 g/mol. The number of rotatable bonds is 4. The van der Waals surface area contributed by atoms with Crippen LogP contribution in [0.5, 0.6) is 0 Å². The van der Waals surface area contributed by atoms with Crippen LogP contribution in [-0.2, 0) is 4.79 Å². The van der Waals surface area contributed by atoms with Crippen molar-refractivity contribution in [3.8, 4) is 0 Å². The first-order valence-corrected chi connectivity index (χ1v) is 8.67. The first kappa shape index (κ1) is 17.7. The predicted molar refractivity (Wildman–Crippen MR) is 104 cm³/mol. The Morgan fingerprint density at radius 2 is 1.81 bits per heavy atom. The maximum atomic E-state index is 12.3. The molecule has 26 heavy (non-hydrogen) atoms. The van der Waals surface area contributed by atoms with Crippen LogP contribution in [0.15, 0.2) is 76.6 Å². The SMILES string of the molecule is CN1C(=O)/C(=C\C=C\c2ccccc2)SC1=Nc1ccc(C(=O)O)cc1. The fraction of sp³-hybridized carbons (Fsp3) is 0.0500. The van der Waals surface area contributed by atoms with E-state index in [9.17, 15) is 9.59 Å². The minimum absolute atomic E-state index is 0.117. The summed E-state index contributed by atoms with van der Waals surface area (Å²) in [5.41, 5.74) is 1.85. The van der Waals surface area contributed by atoms with E-state index in [1.807, 2.05) is 42.5 Å². The van der Waals surface area contributed by atoms with E-state index in [0.717, 1.165) is 5.56 Å². The Morgan fingerprint density at radius 3 is 2.46 bits per heavy atom. The molecule has 2 aromatic carbocycles. The Labute approximate surface area is 155 Å². The summed E-state index contributed by atoms with van der Waals surface area (Å²) in [7, 11) is 1.67. The van der Waals surface area contributed by atoms with Crippen LogP contribution in [0.4, 0.5) is 5.69 Å². The lowest BCUT2D eigenvalue weighted by molar-refractivity contribution is -0.121. The van der Waals surface area contributed by atoms with Crippen LogP contribution in [0.3, 0.4) is 0 Å². The number of aliphatic imine (C=N–C) groups is 1. The molecule has 0 aromatic heterocycles. The topological polar surface area (TPSA) is 70.0 Å². The van der Waals surface area contributed by atoms with Gasteiger partial charge >= 0.3 is 5.97 Å². The van der Waals surface area contributed by atoms with Gasteiger partial charge in [0.05, 0.1) is 16.2 Å². The summed E-state index contributed by atoms with van der Waals surface area (Å²) >= 11 is 1.29. The van der Waals surface area contributed by atoms with Crippen LogP contribution in [-0.4, -0.2) is 34.1 Å². The third-order valence-electron chi connectivity index (χ3n) is 3.68. The van der Waals surface area contributed by atoms with Crippen molar-refractivity contribution >= 4 is 40.6 Å². The van der Waals surface area contributed by atoms with Crippen molar-refractivity contribution in [1.29, 1.82) is 0 Å². The molecule has 1 aliphatic rings. The molecule has 0 saturated carbocycles. The number of likely N-dealkylation sites (N-methyl/N-ethyl adjacent to an activating group) is 1. The molecule has 1 amide bonds. The standard InChI is InChI=1S/C20H16N2O3S/c1-22-18(23)17(9-5-8-14-6-3-2-4-7-14)26-20(22)21-16-12-10-15(11-13-16)19(24)25/h2-13H,1H3,(H,24,25)/b8-5+,17-9+,21-20?. The molecule has 2 aromatic rings. The first-order chi connectivity index (χ1) is 12.5. The van der Waals surface area contributed by atoms with Gasteiger partial charge in [-0.2, -0.15) is 0 Å². The molecule has 0 unspecified atom stereocenters. The second-order valence-electron chi connectivity index (χ2n) is 5.51. The Bertz CT molecular complexity index is 916. The fourth-order valence-electron chi connectivity index (χ4n) is 2.27. The number of amides is 1. The molecule has 5 nitrogen and oxygen atoms in total. The Balaban J connectivity index is 1.76. The van der Waals surface area contributed by atoms with Gasteiger partial charge in [0, 0.05) is 7.05 Å². The van der Waals surface area contributed by atoms with E-state index in [2.05, 4.69) is 4.99 Å². The number of carboxylic acids is 1. The number of carbonyl (C=O) groups is 2. The maximum Gasteiger partial charge on any atom is 0.335 e. The van der Waals surface area contributed by atoms with Gasteiger partial charge in [-0.25, -0.2) is 9.79 Å². The molecule has 3 rings (SSSR count). The molecule has 6 heteroatoms. The number of thioether (sulfide) groups is 1. The predicted octanol–water partition coefficient (Wildman–Crippen LogP) is 4.17. The minimum Gasteiger partial charge on any atom is -0.478 e. The third-order valence-corrected chi connectivity index (χ3v) is 4.76. The molecule has 0 spiro atoms. The minimum atomic E-state index is -0.984. The monoisotopic (exact) mass is 364 g/mol. The van der Waals surface area contributed by atoms with Gasteiger partial charge in [0.25, 0.3) is 5.91 Å². The van der Waals surface area contributed by atoms with Crippen LogP contribution >= 0.6 is 11.8 Å². The zero-order chi connectivity index (χ0) is 18.5. The molecule has 1 saturated heterocycles. The smallest absolute Gasteiger partial charge is 0.335 e. The number of benzene rings is 2. The van der Waals surface area contributed by atoms with Crippen LogP contribution in [0, 0.1) is 0 Å². The molecular formula is C20H16N2O3S. The van der Waals surface area contributed by atoms with Gasteiger partial charge in [0.15, 0.2) is 5.17 Å². The number of hydrogen-bond acceptors (Lipinski definition) is 4. The molecule has 0 atom stereocenters. The second kappa shape index (κ2) is 7.84. The third kappa shape index (κ3) is 4.10. The van der Waals surface area contributed by atoms with Crippen LogP contribution in [0.25, 0.3) is 6.08 Å². The highest BCUT2D eigenvalue weighted by Crippen LogP contribution is 2.31. The van der Waals surface area contributed by atoms with Gasteiger partial charge in [-0.05, 0) is 47.7 Å². The van der Waals surface area contributed by atoms with E-state index in [1.165, 1.54) is 28.8 Å². The number of carboxylic acid groups (broad SMARTS) is 1. The van der Waals surface area contributed by atoms with E-state index >= 15 is 0 Å². The number of amidine groups is 1. The zero-order valence-corrected chi connectivity index (χ0v) is 14.8. The van der Waals surface area contributed by atoms with Crippen LogP contribution in [0.2, 0.25) is 0 Å². The van der Waals surface area contributed by atoms with Gasteiger partial charge in [0.2, 0.25) is 0 Å². The molecule has 1 heterocycles. The van der Waals surface area contributed by atoms with Crippen molar-refractivity contribution in [2.24, 2.45) is 4.99 Å². The lowest BCUT2D eigenvalue weighted by atomic mass is 10.2. The van der Waals surface area contributed by atoms with Gasteiger partial charge in [-0.3, -0.25) is 9.69 Å². The Morgan fingerprint density at radius 1 is 1.12 bits per heavy atom. The fourth-order valence-corrected chi connectivity index (χ4v) is 3.20. The van der Waals surface area contributed by atoms with Crippen LogP contribution in [0.1, 0.15) is 15.9 Å². The molecular weight excluding hydrogens is 348 g/mol. The first-order valence-electron chi connectivity index (χ1n) is 7.86. The van der Waals surface area contributed by atoms with Crippen molar-refractivity contribution < 1.29 is 14.7 Å². The van der Waals surface area contributed by atoms with Crippen molar-refractivity contribution in [1.82, 2.24) is 4.90 Å². The molecule has 1 aliphatic heterocycles. The zero-order valence-electron chi connectivity index (χ0n) is 14.0. The molecule has 0 bridgehead atoms. The maximum absolute atomic E-state index is 12.3. The second-order valence-corrected chi connectivity index (χ2v) is 6.52. The quantitative estimate of drug-likeness (QED) is 0.827. The number of aromatic carboxylic acids is 1. The van der Waals surface area contributed by atoms with Gasteiger partial charge in [-0.15, -0.1) is 0 Å². The van der Waals surface area contributed by atoms with E-state index in [-0.39, 0.29) is 11.5 Å².